The van der Waals surface area contributed by atoms with Crippen LogP contribution >= 0.6 is 0 Å². The Morgan fingerprint density at radius 1 is 0.667 bits per heavy atom. The molecule has 2 aromatic carbocycles. The summed E-state index contributed by atoms with van der Waals surface area (Å²) in [5.74, 6) is -2.71. The highest BCUT2D eigenvalue weighted by Gasteiger charge is 2.20. The summed E-state index contributed by atoms with van der Waals surface area (Å²) in [6, 6.07) is 9.36. The molecule has 0 saturated carbocycles. The molecule has 2 amide bonds. The molecule has 5 N–H and O–H groups in total. The van der Waals surface area contributed by atoms with E-state index in [-0.39, 0.29) is 22.0 Å². The number of primary amides is 2. The van der Waals surface area contributed by atoms with E-state index in [0.29, 0.717) is 11.1 Å². The van der Waals surface area contributed by atoms with E-state index in [4.69, 9.17) is 16.6 Å². The number of amides is 2. The second-order valence-corrected chi connectivity index (χ2v) is 9.62. The number of carbonyl (C=O) groups is 4. The fraction of sp³-hybridized carbons (Fsp3) is 0.360. The summed E-state index contributed by atoms with van der Waals surface area (Å²) in [6.45, 7) is 11.8. The average Bonchev–Trinajstić information content (AvgIpc) is 2.71. The summed E-state index contributed by atoms with van der Waals surface area (Å²) in [7, 11) is 1.30. The molecule has 8 nitrogen and oxygen atoms in total. The number of hydrogen-bond donors (Lipinski definition) is 3. The van der Waals surface area contributed by atoms with Gasteiger partial charge in [-0.15, -0.1) is 0 Å². The third-order valence-corrected chi connectivity index (χ3v) is 4.84. The van der Waals surface area contributed by atoms with Crippen LogP contribution in [0.1, 0.15) is 94.1 Å². The second-order valence-electron chi connectivity index (χ2n) is 9.62. The van der Waals surface area contributed by atoms with Gasteiger partial charge in [0.1, 0.15) is 0 Å². The molecule has 0 aliphatic carbocycles. The summed E-state index contributed by atoms with van der Waals surface area (Å²) in [5, 5.41) is 8.93. The van der Waals surface area contributed by atoms with Crippen LogP contribution < -0.4 is 11.5 Å². The third kappa shape index (κ3) is 7.75. The van der Waals surface area contributed by atoms with Gasteiger partial charge < -0.3 is 21.3 Å². The average molecular weight is 457 g/mol. The SMILES string of the molecule is CC(C)(C)c1cc(C(N)=O)cc(C(=O)O)c1.COC(=O)c1cc(C(N)=O)cc(C(C)(C)C)c1. The maximum Gasteiger partial charge on any atom is 0.337 e. The van der Waals surface area contributed by atoms with Crippen molar-refractivity contribution < 1.29 is 29.0 Å². The predicted octanol–water partition coefficient (Wildman–Crippen LogP) is 3.65. The van der Waals surface area contributed by atoms with Crippen molar-refractivity contribution in [2.24, 2.45) is 11.5 Å². The van der Waals surface area contributed by atoms with Crippen LogP contribution in [0.3, 0.4) is 0 Å². The van der Waals surface area contributed by atoms with E-state index in [1.165, 1.54) is 19.2 Å². The number of carbonyl (C=O) groups excluding carboxylic acids is 3. The normalized spacial score (nSPS) is 11.1. The molecule has 0 fully saturated rings. The fourth-order valence-electron chi connectivity index (χ4n) is 2.76. The molecule has 0 radical (unpaired) electrons. The number of esters is 1. The van der Waals surface area contributed by atoms with Crippen molar-refractivity contribution >= 4 is 23.8 Å². The monoisotopic (exact) mass is 456 g/mol. The Balaban J connectivity index is 0.000000331. The molecule has 0 aliphatic rings. The van der Waals surface area contributed by atoms with Gasteiger partial charge in [-0.05, 0) is 58.4 Å². The van der Waals surface area contributed by atoms with Crippen molar-refractivity contribution in [1.29, 1.82) is 0 Å². The number of rotatable bonds is 4. The molecule has 33 heavy (non-hydrogen) atoms. The lowest BCUT2D eigenvalue weighted by atomic mass is 9.85. The Kier molecular flexibility index (Phi) is 8.53. The number of benzene rings is 2. The fourth-order valence-corrected chi connectivity index (χ4v) is 2.76. The lowest BCUT2D eigenvalue weighted by Crippen LogP contribution is -2.17. The quantitative estimate of drug-likeness (QED) is 0.598. The Labute approximate surface area is 193 Å². The van der Waals surface area contributed by atoms with Gasteiger partial charge in [0.25, 0.3) is 0 Å². The van der Waals surface area contributed by atoms with Crippen LogP contribution in [-0.2, 0) is 15.6 Å². The molecule has 0 saturated heterocycles. The molecule has 0 bridgehead atoms. The van der Waals surface area contributed by atoms with Gasteiger partial charge in [0.15, 0.2) is 0 Å². The van der Waals surface area contributed by atoms with Crippen molar-refractivity contribution in [2.75, 3.05) is 7.11 Å². The molecule has 0 aliphatic heterocycles. The number of carboxylic acid groups (broad SMARTS) is 1. The van der Waals surface area contributed by atoms with Crippen LogP contribution in [0, 0.1) is 0 Å². The molecule has 0 aromatic heterocycles. The van der Waals surface area contributed by atoms with E-state index in [1.54, 1.807) is 24.3 Å². The first-order chi connectivity index (χ1) is 15.0. The zero-order valence-electron chi connectivity index (χ0n) is 20.1. The summed E-state index contributed by atoms with van der Waals surface area (Å²) in [5.41, 5.74) is 12.6. The number of nitrogens with two attached hydrogens (primary N) is 2. The predicted molar refractivity (Wildman–Crippen MR) is 126 cm³/mol. The molecule has 0 heterocycles. The van der Waals surface area contributed by atoms with Crippen LogP contribution in [-0.4, -0.2) is 36.0 Å². The van der Waals surface area contributed by atoms with Gasteiger partial charge >= 0.3 is 11.9 Å². The van der Waals surface area contributed by atoms with E-state index >= 15 is 0 Å². The zero-order valence-corrected chi connectivity index (χ0v) is 20.1. The Bertz CT molecular complexity index is 1040. The second kappa shape index (κ2) is 10.3. The van der Waals surface area contributed by atoms with Crippen LogP contribution in [0.4, 0.5) is 0 Å². The highest BCUT2D eigenvalue weighted by Crippen LogP contribution is 2.25. The summed E-state index contributed by atoms with van der Waals surface area (Å²) >= 11 is 0. The van der Waals surface area contributed by atoms with Gasteiger partial charge in [-0.2, -0.15) is 0 Å². The largest absolute Gasteiger partial charge is 0.478 e. The molecule has 2 rings (SSSR count). The molecule has 0 spiro atoms. The molecule has 2 aromatic rings. The molecule has 0 unspecified atom stereocenters. The molecule has 8 heteroatoms. The molecule has 0 atom stereocenters. The minimum Gasteiger partial charge on any atom is -0.478 e. The van der Waals surface area contributed by atoms with Crippen LogP contribution in [0.5, 0.6) is 0 Å². The van der Waals surface area contributed by atoms with E-state index in [9.17, 15) is 19.2 Å². The Morgan fingerprint density at radius 3 is 1.30 bits per heavy atom. The number of carboxylic acids is 1. The van der Waals surface area contributed by atoms with Crippen molar-refractivity contribution in [3.8, 4) is 0 Å². The summed E-state index contributed by atoms with van der Waals surface area (Å²) in [4.78, 5) is 44.7. The molecular formula is C25H32N2O6. The van der Waals surface area contributed by atoms with E-state index in [2.05, 4.69) is 4.74 Å². The summed E-state index contributed by atoms with van der Waals surface area (Å²) < 4.78 is 4.65. The van der Waals surface area contributed by atoms with Gasteiger partial charge in [0.05, 0.1) is 18.2 Å². The highest BCUT2D eigenvalue weighted by atomic mass is 16.5. The van der Waals surface area contributed by atoms with E-state index < -0.39 is 23.8 Å². The first kappa shape index (κ1) is 27.4. The lowest BCUT2D eigenvalue weighted by Gasteiger charge is -2.20. The molecular weight excluding hydrogens is 424 g/mol. The summed E-state index contributed by atoms with van der Waals surface area (Å²) in [6.07, 6.45) is 0. The van der Waals surface area contributed by atoms with Crippen LogP contribution in [0.15, 0.2) is 36.4 Å². The maximum absolute atomic E-state index is 11.5. The number of ether oxygens (including phenoxy) is 1. The van der Waals surface area contributed by atoms with Crippen LogP contribution in [0.25, 0.3) is 0 Å². The third-order valence-electron chi connectivity index (χ3n) is 4.84. The first-order valence-electron chi connectivity index (χ1n) is 10.2. The van der Waals surface area contributed by atoms with Gasteiger partial charge in [-0.1, -0.05) is 41.5 Å². The van der Waals surface area contributed by atoms with Gasteiger partial charge in [-0.3, -0.25) is 9.59 Å². The molecule has 178 valence electrons. The Hall–Kier alpha value is -3.68. The van der Waals surface area contributed by atoms with E-state index in [1.807, 2.05) is 41.5 Å². The minimum absolute atomic E-state index is 0.0845. The Morgan fingerprint density at radius 2 is 1.00 bits per heavy atom. The highest BCUT2D eigenvalue weighted by molar-refractivity contribution is 5.98. The number of hydrogen-bond acceptors (Lipinski definition) is 5. The number of methoxy groups -OCH3 is 1. The zero-order chi connectivity index (χ0) is 25.7. The maximum atomic E-state index is 11.5. The van der Waals surface area contributed by atoms with Gasteiger partial charge in [-0.25, -0.2) is 9.59 Å². The number of aromatic carboxylic acids is 1. The smallest absolute Gasteiger partial charge is 0.337 e. The lowest BCUT2D eigenvalue weighted by molar-refractivity contribution is 0.0599. The first-order valence-corrected chi connectivity index (χ1v) is 10.2. The van der Waals surface area contributed by atoms with Gasteiger partial charge in [0.2, 0.25) is 11.8 Å². The van der Waals surface area contributed by atoms with Crippen LogP contribution in [0.2, 0.25) is 0 Å². The topological polar surface area (TPSA) is 150 Å². The minimum atomic E-state index is -1.06. The standard InChI is InChI=1S/C13H17NO3.C12H15NO3/c1-13(2,3)10-6-8(11(14)15)5-9(7-10)12(16)17-4;1-12(2,3)9-5-7(10(13)14)4-8(6-9)11(15)16/h5-7H,1-4H3,(H2,14,15);4-6H,1-3H3,(H2,13,14)(H,15,16). The van der Waals surface area contributed by atoms with Crippen molar-refractivity contribution in [2.45, 2.75) is 52.4 Å². The van der Waals surface area contributed by atoms with E-state index in [0.717, 1.165) is 11.1 Å². The van der Waals surface area contributed by atoms with Crippen molar-refractivity contribution in [3.63, 3.8) is 0 Å². The van der Waals surface area contributed by atoms with Crippen molar-refractivity contribution in [1.82, 2.24) is 0 Å². The van der Waals surface area contributed by atoms with Crippen molar-refractivity contribution in [3.05, 3.63) is 69.8 Å². The van der Waals surface area contributed by atoms with Gasteiger partial charge in [0, 0.05) is 11.1 Å².